The molecule has 4 nitrogen and oxygen atoms in total. The molecule has 4 heteroatoms. The lowest BCUT2D eigenvalue weighted by Gasteiger charge is -2.25. The molecule has 1 rings (SSSR count). The van der Waals surface area contributed by atoms with E-state index < -0.39 is 5.60 Å². The number of ether oxygens (including phenoxy) is 1. The molecule has 0 aliphatic heterocycles. The van der Waals surface area contributed by atoms with Gasteiger partial charge in [-0.3, -0.25) is 0 Å². The lowest BCUT2D eigenvalue weighted by molar-refractivity contribution is -0.0208. The molecular formula is C15H27N3O. The molecular weight excluding hydrogens is 238 g/mol. The number of anilines is 1. The van der Waals surface area contributed by atoms with Crippen molar-refractivity contribution in [3.8, 4) is 0 Å². The van der Waals surface area contributed by atoms with E-state index in [0.29, 0.717) is 12.5 Å². The molecule has 1 aromatic heterocycles. The molecule has 108 valence electrons. The third-order valence-corrected chi connectivity index (χ3v) is 3.10. The monoisotopic (exact) mass is 265 g/mol. The Hall–Kier alpha value is -1.16. The second-order valence-corrected chi connectivity index (χ2v) is 5.52. The predicted octanol–water partition coefficient (Wildman–Crippen LogP) is 3.61. The zero-order valence-electron chi connectivity index (χ0n) is 13.3. The number of nitrogens with zero attached hydrogens (tertiary/aromatic N) is 2. The number of hydrogen-bond donors (Lipinski definition) is 1. The zero-order chi connectivity index (χ0) is 14.6. The first kappa shape index (κ1) is 15.9. The summed E-state index contributed by atoms with van der Waals surface area (Å²) in [5, 5.41) is 3.35. The summed E-state index contributed by atoms with van der Waals surface area (Å²) >= 11 is 0. The Balaban J connectivity index is 3.31. The van der Waals surface area contributed by atoms with Gasteiger partial charge in [-0.2, -0.15) is 0 Å². The van der Waals surface area contributed by atoms with Crippen molar-refractivity contribution in [3.63, 3.8) is 0 Å². The fourth-order valence-electron chi connectivity index (χ4n) is 2.27. The van der Waals surface area contributed by atoms with Gasteiger partial charge in [0.15, 0.2) is 5.82 Å². The average Bonchev–Trinajstić information content (AvgIpc) is 2.28. The Bertz CT molecular complexity index is 428. The predicted molar refractivity (Wildman–Crippen MR) is 79.7 cm³/mol. The van der Waals surface area contributed by atoms with Crippen LogP contribution in [-0.4, -0.2) is 23.1 Å². The van der Waals surface area contributed by atoms with Gasteiger partial charge in [-0.05, 0) is 40.5 Å². The molecule has 0 spiro atoms. The second kappa shape index (κ2) is 6.33. The van der Waals surface area contributed by atoms with Gasteiger partial charge >= 0.3 is 0 Å². The van der Waals surface area contributed by atoms with E-state index in [1.54, 1.807) is 0 Å². The molecule has 0 amide bonds. The van der Waals surface area contributed by atoms with E-state index >= 15 is 0 Å². The molecule has 0 bridgehead atoms. The lowest BCUT2D eigenvalue weighted by Crippen LogP contribution is -2.26. The highest BCUT2D eigenvalue weighted by Crippen LogP contribution is 2.29. The Morgan fingerprint density at radius 1 is 1.21 bits per heavy atom. The van der Waals surface area contributed by atoms with E-state index in [-0.39, 0.29) is 0 Å². The van der Waals surface area contributed by atoms with Gasteiger partial charge in [0, 0.05) is 24.4 Å². The summed E-state index contributed by atoms with van der Waals surface area (Å²) in [5.41, 5.74) is 1.76. The molecule has 0 fully saturated rings. The number of hydrogen-bond acceptors (Lipinski definition) is 4. The van der Waals surface area contributed by atoms with E-state index in [1.807, 2.05) is 27.7 Å². The van der Waals surface area contributed by atoms with Crippen LogP contribution in [0.25, 0.3) is 0 Å². The van der Waals surface area contributed by atoms with Crippen LogP contribution in [0.15, 0.2) is 0 Å². The number of aryl methyl sites for hydroxylation is 1. The lowest BCUT2D eigenvalue weighted by atomic mass is 10.0. The zero-order valence-corrected chi connectivity index (χ0v) is 13.3. The highest BCUT2D eigenvalue weighted by molar-refractivity contribution is 5.48. The van der Waals surface area contributed by atoms with Gasteiger partial charge in [0.05, 0.1) is 0 Å². The van der Waals surface area contributed by atoms with Crippen LogP contribution in [0.1, 0.15) is 64.5 Å². The summed E-state index contributed by atoms with van der Waals surface area (Å²) in [6, 6.07) is 0. The molecule has 0 radical (unpaired) electrons. The number of nitrogens with one attached hydrogen (secondary N) is 1. The first-order valence-electron chi connectivity index (χ1n) is 7.10. The van der Waals surface area contributed by atoms with Crippen LogP contribution in [0.5, 0.6) is 0 Å². The highest BCUT2D eigenvalue weighted by Gasteiger charge is 2.26. The van der Waals surface area contributed by atoms with Crippen molar-refractivity contribution in [1.82, 2.24) is 9.97 Å². The molecule has 0 saturated heterocycles. The van der Waals surface area contributed by atoms with Crippen LogP contribution in [0.2, 0.25) is 0 Å². The first-order chi connectivity index (χ1) is 8.83. The average molecular weight is 265 g/mol. The van der Waals surface area contributed by atoms with Gasteiger partial charge in [-0.25, -0.2) is 9.97 Å². The molecule has 0 unspecified atom stereocenters. The van der Waals surface area contributed by atoms with Gasteiger partial charge < -0.3 is 10.1 Å². The first-order valence-corrected chi connectivity index (χ1v) is 7.10. The minimum Gasteiger partial charge on any atom is -0.370 e. The highest BCUT2D eigenvalue weighted by atomic mass is 16.5. The van der Waals surface area contributed by atoms with E-state index in [2.05, 4.69) is 36.1 Å². The smallest absolute Gasteiger partial charge is 0.162 e. The summed E-state index contributed by atoms with van der Waals surface area (Å²) in [4.78, 5) is 9.34. The normalized spacial score (nSPS) is 12.0. The third kappa shape index (κ3) is 3.66. The molecule has 1 aromatic rings. The van der Waals surface area contributed by atoms with Crippen molar-refractivity contribution in [2.75, 3.05) is 18.5 Å². The van der Waals surface area contributed by atoms with Crippen LogP contribution in [0.3, 0.4) is 0 Å². The minimum absolute atomic E-state index is 0.401. The van der Waals surface area contributed by atoms with Crippen molar-refractivity contribution in [1.29, 1.82) is 0 Å². The van der Waals surface area contributed by atoms with Crippen molar-refractivity contribution < 1.29 is 4.74 Å². The third-order valence-electron chi connectivity index (χ3n) is 3.10. The van der Waals surface area contributed by atoms with E-state index in [1.165, 1.54) is 5.56 Å². The van der Waals surface area contributed by atoms with Gasteiger partial charge in [-0.15, -0.1) is 0 Å². The van der Waals surface area contributed by atoms with Crippen molar-refractivity contribution in [2.24, 2.45) is 0 Å². The molecule has 1 heterocycles. The Labute approximate surface area is 117 Å². The quantitative estimate of drug-likeness (QED) is 0.853. The maximum Gasteiger partial charge on any atom is 0.162 e. The second-order valence-electron chi connectivity index (χ2n) is 5.52. The van der Waals surface area contributed by atoms with E-state index in [0.717, 1.165) is 23.9 Å². The maximum atomic E-state index is 5.75. The van der Waals surface area contributed by atoms with Gasteiger partial charge in [0.25, 0.3) is 0 Å². The van der Waals surface area contributed by atoms with Crippen molar-refractivity contribution in [3.05, 3.63) is 17.1 Å². The Morgan fingerprint density at radius 2 is 1.84 bits per heavy atom. The molecule has 0 aromatic carbocycles. The van der Waals surface area contributed by atoms with E-state index in [4.69, 9.17) is 4.74 Å². The Morgan fingerprint density at radius 3 is 2.32 bits per heavy atom. The fourth-order valence-corrected chi connectivity index (χ4v) is 2.27. The Kier molecular flexibility index (Phi) is 5.29. The molecule has 0 saturated carbocycles. The van der Waals surface area contributed by atoms with E-state index in [9.17, 15) is 0 Å². The summed E-state index contributed by atoms with van der Waals surface area (Å²) in [6.07, 6.45) is 0. The minimum atomic E-state index is -0.459. The molecule has 0 aliphatic carbocycles. The summed E-state index contributed by atoms with van der Waals surface area (Å²) < 4.78 is 5.75. The van der Waals surface area contributed by atoms with Crippen molar-refractivity contribution in [2.45, 2.75) is 60.0 Å². The maximum absolute atomic E-state index is 5.75. The van der Waals surface area contributed by atoms with Gasteiger partial charge in [-0.1, -0.05) is 13.8 Å². The number of aromatic nitrogens is 2. The topological polar surface area (TPSA) is 47.0 Å². The standard InChI is InChI=1S/C15H27N3O/c1-8-16-13-12(10(3)4)11(5)17-14(18-13)15(6,7)19-9-2/h10H,8-9H2,1-7H3,(H,16,17,18). The molecule has 0 atom stereocenters. The van der Waals surface area contributed by atoms with Crippen LogP contribution < -0.4 is 5.32 Å². The summed E-state index contributed by atoms with van der Waals surface area (Å²) in [7, 11) is 0. The van der Waals surface area contributed by atoms with Crippen LogP contribution >= 0.6 is 0 Å². The van der Waals surface area contributed by atoms with Crippen LogP contribution in [0, 0.1) is 6.92 Å². The van der Waals surface area contributed by atoms with Crippen LogP contribution in [-0.2, 0) is 10.3 Å². The fraction of sp³-hybridized carbons (Fsp3) is 0.733. The van der Waals surface area contributed by atoms with Gasteiger partial charge in [0.2, 0.25) is 0 Å². The van der Waals surface area contributed by atoms with Gasteiger partial charge in [0.1, 0.15) is 11.4 Å². The molecule has 19 heavy (non-hydrogen) atoms. The summed E-state index contributed by atoms with van der Waals surface area (Å²) in [6.45, 7) is 16.0. The summed E-state index contributed by atoms with van der Waals surface area (Å²) in [5.74, 6) is 2.08. The SMILES string of the molecule is CCNc1nc(C(C)(C)OCC)nc(C)c1C(C)C. The van der Waals surface area contributed by atoms with Crippen molar-refractivity contribution >= 4 is 5.82 Å². The molecule has 0 aliphatic rings. The largest absolute Gasteiger partial charge is 0.370 e. The molecule has 1 N–H and O–H groups in total. The number of rotatable bonds is 6. The van der Waals surface area contributed by atoms with Crippen LogP contribution in [0.4, 0.5) is 5.82 Å².